The first-order valence-corrected chi connectivity index (χ1v) is 9.19. The van der Waals surface area contributed by atoms with Crippen LogP contribution in [0.1, 0.15) is 22.3 Å². The summed E-state index contributed by atoms with van der Waals surface area (Å²) in [5.74, 6) is -0.307. The van der Waals surface area contributed by atoms with Crippen molar-refractivity contribution in [2.24, 2.45) is 0 Å². The van der Waals surface area contributed by atoms with Gasteiger partial charge in [0.1, 0.15) is 6.04 Å². The number of rotatable bonds is 7. The second kappa shape index (κ2) is 8.83. The Hall–Kier alpha value is -3.59. The maximum absolute atomic E-state index is 12.7. The van der Waals surface area contributed by atoms with Crippen molar-refractivity contribution in [3.63, 3.8) is 0 Å². The molecule has 9 nitrogen and oxygen atoms in total. The highest BCUT2D eigenvalue weighted by Crippen LogP contribution is 2.38. The van der Waals surface area contributed by atoms with Gasteiger partial charge in [0.05, 0.1) is 33.4 Å². The molecule has 0 spiro atoms. The Morgan fingerprint density at radius 2 is 1.70 bits per heavy atom. The second-order valence-corrected chi connectivity index (χ2v) is 6.68. The number of carbonyl (C=O) groups is 3. The molecule has 0 saturated carbocycles. The summed E-state index contributed by atoms with van der Waals surface area (Å²) in [6.45, 7) is 1.88. The minimum absolute atomic E-state index is 0.0672. The summed E-state index contributed by atoms with van der Waals surface area (Å²) < 4.78 is 15.7. The fraction of sp³-hybridized carbons (Fsp3) is 0.286. The van der Waals surface area contributed by atoms with Gasteiger partial charge in [-0.1, -0.05) is 12.1 Å². The smallest absolute Gasteiger partial charge is 0.265 e. The van der Waals surface area contributed by atoms with E-state index in [0.29, 0.717) is 22.9 Å². The van der Waals surface area contributed by atoms with Crippen molar-refractivity contribution in [2.45, 2.75) is 19.4 Å². The van der Waals surface area contributed by atoms with Crippen LogP contribution in [0, 0.1) is 6.92 Å². The number of carbonyl (C=O) groups excluding carboxylic acids is 3. The van der Waals surface area contributed by atoms with Gasteiger partial charge >= 0.3 is 0 Å². The number of imide groups is 1. The topological polar surface area (TPSA) is 106 Å². The van der Waals surface area contributed by atoms with Crippen LogP contribution in [-0.2, 0) is 9.59 Å². The summed E-state index contributed by atoms with van der Waals surface area (Å²) in [5.41, 5.74) is 6.79. The molecule has 1 fully saturated rings. The van der Waals surface area contributed by atoms with Crippen molar-refractivity contribution in [1.82, 2.24) is 10.9 Å². The standard InChI is InChI=1S/C21H23N3O6/c1-12-6-5-7-14(8-12)24-18(25)11-15(21(24)27)22-23-20(26)13-9-16(28-2)19(30-4)17(10-13)29-3/h5-10,15,22H,11H2,1-4H3,(H,23,26)/t15-/m1/s1. The Morgan fingerprint density at radius 1 is 1.03 bits per heavy atom. The van der Waals surface area contributed by atoms with E-state index in [4.69, 9.17) is 14.2 Å². The average Bonchev–Trinajstić information content (AvgIpc) is 3.03. The van der Waals surface area contributed by atoms with Gasteiger partial charge in [0.25, 0.3) is 11.8 Å². The van der Waals surface area contributed by atoms with Gasteiger partial charge in [0.15, 0.2) is 11.5 Å². The molecule has 2 N–H and O–H groups in total. The summed E-state index contributed by atoms with van der Waals surface area (Å²) in [4.78, 5) is 38.8. The normalized spacial score (nSPS) is 15.9. The van der Waals surface area contributed by atoms with Crippen molar-refractivity contribution in [3.05, 3.63) is 47.5 Å². The lowest BCUT2D eigenvalue weighted by Crippen LogP contribution is -2.48. The molecule has 0 aliphatic carbocycles. The van der Waals surface area contributed by atoms with Crippen LogP contribution >= 0.6 is 0 Å². The van der Waals surface area contributed by atoms with Gasteiger partial charge in [0.2, 0.25) is 11.7 Å². The van der Waals surface area contributed by atoms with Gasteiger partial charge in [-0.3, -0.25) is 19.8 Å². The van der Waals surface area contributed by atoms with E-state index in [1.165, 1.54) is 33.5 Å². The summed E-state index contributed by atoms with van der Waals surface area (Å²) in [6, 6.07) is 9.20. The Morgan fingerprint density at radius 3 is 2.27 bits per heavy atom. The fourth-order valence-corrected chi connectivity index (χ4v) is 3.22. The number of anilines is 1. The van der Waals surface area contributed by atoms with Crippen LogP contribution < -0.4 is 30.0 Å². The Kier molecular flexibility index (Phi) is 6.22. The van der Waals surface area contributed by atoms with E-state index in [0.717, 1.165) is 10.5 Å². The van der Waals surface area contributed by atoms with Crippen molar-refractivity contribution < 1.29 is 28.6 Å². The highest BCUT2D eigenvalue weighted by molar-refractivity contribution is 6.22. The Balaban J connectivity index is 1.72. The first-order valence-electron chi connectivity index (χ1n) is 9.19. The van der Waals surface area contributed by atoms with Gasteiger partial charge in [0, 0.05) is 5.56 Å². The highest BCUT2D eigenvalue weighted by Gasteiger charge is 2.39. The maximum atomic E-state index is 12.7. The maximum Gasteiger partial charge on any atom is 0.265 e. The number of nitrogens with one attached hydrogen (secondary N) is 2. The van der Waals surface area contributed by atoms with E-state index in [1.807, 2.05) is 13.0 Å². The molecule has 1 aliphatic heterocycles. The molecule has 0 aromatic heterocycles. The molecule has 3 amide bonds. The zero-order chi connectivity index (χ0) is 21.8. The van der Waals surface area contributed by atoms with Crippen LogP contribution in [0.2, 0.25) is 0 Å². The molecule has 0 unspecified atom stereocenters. The summed E-state index contributed by atoms with van der Waals surface area (Å²) >= 11 is 0. The number of benzene rings is 2. The van der Waals surface area contributed by atoms with Gasteiger partial charge in [-0.2, -0.15) is 0 Å². The predicted octanol–water partition coefficient (Wildman–Crippen LogP) is 1.59. The van der Waals surface area contributed by atoms with Crippen LogP contribution in [0.5, 0.6) is 17.2 Å². The Bertz CT molecular complexity index is 965. The molecule has 2 aromatic rings. The van der Waals surface area contributed by atoms with E-state index in [1.54, 1.807) is 18.2 Å². The summed E-state index contributed by atoms with van der Waals surface area (Å²) in [6.07, 6.45) is -0.0672. The summed E-state index contributed by atoms with van der Waals surface area (Å²) in [7, 11) is 4.35. The molecule has 0 radical (unpaired) electrons. The highest BCUT2D eigenvalue weighted by atomic mass is 16.5. The number of aryl methyl sites for hydroxylation is 1. The minimum Gasteiger partial charge on any atom is -0.493 e. The number of hydrogen-bond donors (Lipinski definition) is 2. The molecular formula is C21H23N3O6. The molecule has 1 aliphatic rings. The molecule has 3 rings (SSSR count). The third-order valence-corrected chi connectivity index (χ3v) is 4.69. The van der Waals surface area contributed by atoms with E-state index in [-0.39, 0.29) is 17.9 Å². The predicted molar refractivity (Wildman–Crippen MR) is 109 cm³/mol. The molecule has 9 heteroatoms. The minimum atomic E-state index is -0.871. The largest absolute Gasteiger partial charge is 0.493 e. The van der Waals surface area contributed by atoms with E-state index < -0.39 is 17.9 Å². The number of ether oxygens (including phenoxy) is 3. The van der Waals surface area contributed by atoms with Crippen LogP contribution in [0.3, 0.4) is 0 Å². The molecular weight excluding hydrogens is 390 g/mol. The van der Waals surface area contributed by atoms with Crippen LogP contribution in [-0.4, -0.2) is 45.1 Å². The van der Waals surface area contributed by atoms with Gasteiger partial charge < -0.3 is 14.2 Å². The second-order valence-electron chi connectivity index (χ2n) is 6.68. The molecule has 1 heterocycles. The van der Waals surface area contributed by atoms with E-state index in [2.05, 4.69) is 10.9 Å². The molecule has 0 bridgehead atoms. The van der Waals surface area contributed by atoms with Crippen LogP contribution in [0.4, 0.5) is 5.69 Å². The van der Waals surface area contributed by atoms with Crippen molar-refractivity contribution >= 4 is 23.4 Å². The number of nitrogens with zero attached hydrogens (tertiary/aromatic N) is 1. The molecule has 1 atom stereocenters. The summed E-state index contributed by atoms with van der Waals surface area (Å²) in [5, 5.41) is 0. The molecule has 158 valence electrons. The third-order valence-electron chi connectivity index (χ3n) is 4.69. The van der Waals surface area contributed by atoms with Crippen molar-refractivity contribution in [3.8, 4) is 17.2 Å². The molecule has 30 heavy (non-hydrogen) atoms. The lowest BCUT2D eigenvalue weighted by atomic mass is 10.1. The fourth-order valence-electron chi connectivity index (χ4n) is 3.22. The lowest BCUT2D eigenvalue weighted by molar-refractivity contribution is -0.121. The van der Waals surface area contributed by atoms with Crippen molar-refractivity contribution in [1.29, 1.82) is 0 Å². The first kappa shape index (κ1) is 21.1. The average molecular weight is 413 g/mol. The number of hydrazine groups is 1. The van der Waals surface area contributed by atoms with Crippen LogP contribution in [0.15, 0.2) is 36.4 Å². The first-order chi connectivity index (χ1) is 14.4. The quantitative estimate of drug-likeness (QED) is 0.524. The zero-order valence-electron chi connectivity index (χ0n) is 17.1. The molecule has 2 aromatic carbocycles. The Labute approximate surface area is 173 Å². The number of amides is 3. The van der Waals surface area contributed by atoms with Gasteiger partial charge in [-0.05, 0) is 36.8 Å². The number of methoxy groups -OCH3 is 3. The van der Waals surface area contributed by atoms with Crippen LogP contribution in [0.25, 0.3) is 0 Å². The SMILES string of the molecule is COc1cc(C(=O)NN[C@@H]2CC(=O)N(c3cccc(C)c3)C2=O)cc(OC)c1OC. The van der Waals surface area contributed by atoms with Gasteiger partial charge in [-0.25, -0.2) is 10.3 Å². The lowest BCUT2D eigenvalue weighted by Gasteiger charge is -2.17. The number of hydrogen-bond acceptors (Lipinski definition) is 7. The van der Waals surface area contributed by atoms with E-state index in [9.17, 15) is 14.4 Å². The van der Waals surface area contributed by atoms with E-state index >= 15 is 0 Å². The zero-order valence-corrected chi connectivity index (χ0v) is 17.1. The van der Waals surface area contributed by atoms with Gasteiger partial charge in [-0.15, -0.1) is 0 Å². The molecule has 1 saturated heterocycles. The van der Waals surface area contributed by atoms with Crippen molar-refractivity contribution in [2.75, 3.05) is 26.2 Å². The monoisotopic (exact) mass is 413 g/mol. The third kappa shape index (κ3) is 4.06.